The minimum absolute atomic E-state index is 0. The van der Waals surface area contributed by atoms with Gasteiger partial charge >= 0.3 is 30.6 Å². The first-order valence-corrected chi connectivity index (χ1v) is 4.74. The molecule has 0 aromatic heterocycles. The van der Waals surface area contributed by atoms with Crippen LogP contribution in [0.1, 0.15) is 5.56 Å². The summed E-state index contributed by atoms with van der Waals surface area (Å²) in [4.78, 5) is 17.4. The topological polar surface area (TPSA) is 57.5 Å². The molecule has 3 nitrogen and oxygen atoms in total. The lowest BCUT2D eigenvalue weighted by Gasteiger charge is -2.03. The first-order valence-electron chi connectivity index (χ1n) is 3.13. The van der Waals surface area contributed by atoms with Crippen LogP contribution in [0.5, 0.6) is 0 Å². The highest BCUT2D eigenvalue weighted by atomic mass is 31.2. The van der Waals surface area contributed by atoms with E-state index in [1.807, 2.05) is 0 Å². The molecule has 2 N–H and O–H groups in total. The molecule has 0 fully saturated rings. The van der Waals surface area contributed by atoms with Crippen LogP contribution >= 0.6 is 7.60 Å². The number of benzene rings is 1. The van der Waals surface area contributed by atoms with E-state index in [1.54, 1.807) is 19.1 Å². The zero-order chi connectivity index (χ0) is 8.48. The number of hydrogen-bond donors (Lipinski definition) is 2. The second kappa shape index (κ2) is 4.39. The largest absolute Gasteiger partial charge is 0.356 e. The molecule has 0 saturated carbocycles. The van der Waals surface area contributed by atoms with E-state index >= 15 is 0 Å². The first-order chi connectivity index (χ1) is 5.00. The molecule has 1 rings (SSSR count). The molecule has 0 aliphatic carbocycles. The fourth-order valence-electron chi connectivity index (χ4n) is 0.809. The minimum atomic E-state index is -4.05. The van der Waals surface area contributed by atoms with Crippen LogP contribution in [-0.2, 0) is 4.57 Å². The van der Waals surface area contributed by atoms with Crippen molar-refractivity contribution in [2.45, 2.75) is 6.92 Å². The summed E-state index contributed by atoms with van der Waals surface area (Å²) in [6, 6.07) is 6.33. The van der Waals surface area contributed by atoms with Gasteiger partial charge in [-0.2, -0.15) is 0 Å². The molecule has 12 heavy (non-hydrogen) atoms. The molecule has 0 atom stereocenters. The van der Waals surface area contributed by atoms with E-state index in [9.17, 15) is 4.57 Å². The Morgan fingerprint density at radius 2 is 1.92 bits per heavy atom. The molecule has 0 amide bonds. The first kappa shape index (κ1) is 12.1. The molecule has 0 bridgehead atoms. The predicted molar refractivity (Wildman–Crippen MR) is 51.4 cm³/mol. The van der Waals surface area contributed by atoms with Crippen molar-refractivity contribution in [2.75, 3.05) is 0 Å². The van der Waals surface area contributed by atoms with Crippen molar-refractivity contribution >= 4 is 36.0 Å². The Morgan fingerprint density at radius 3 is 2.25 bits per heavy atom. The molecule has 0 radical (unpaired) electrons. The quantitative estimate of drug-likeness (QED) is 0.489. The molecule has 0 aliphatic rings. The Labute approximate surface area is 87.1 Å². The average molecular weight is 198 g/mol. The lowest BCUT2D eigenvalue weighted by Crippen LogP contribution is -2.02. The van der Waals surface area contributed by atoms with E-state index < -0.39 is 7.60 Å². The van der Waals surface area contributed by atoms with Crippen LogP contribution in [0.2, 0.25) is 0 Å². The van der Waals surface area contributed by atoms with Gasteiger partial charge in [-0.05, 0) is 19.1 Å². The van der Waals surface area contributed by atoms with E-state index in [0.29, 0.717) is 0 Å². The van der Waals surface area contributed by atoms with Crippen LogP contribution < -0.4 is 5.30 Å². The highest BCUT2D eigenvalue weighted by Crippen LogP contribution is 2.32. The summed E-state index contributed by atoms with van der Waals surface area (Å²) in [5.74, 6) is 0. The van der Waals surface area contributed by atoms with E-state index in [-0.39, 0.29) is 28.4 Å². The molecule has 5 heteroatoms. The summed E-state index contributed by atoms with van der Waals surface area (Å²) in [6.45, 7) is 1.79. The third-order valence-corrected chi connectivity index (χ3v) is 2.29. The molecular formula is C7H11MgO3P. The van der Waals surface area contributed by atoms with E-state index in [1.165, 1.54) is 12.1 Å². The molecule has 0 heterocycles. The van der Waals surface area contributed by atoms with Gasteiger partial charge in [0.15, 0.2) is 0 Å². The van der Waals surface area contributed by atoms with Gasteiger partial charge in [0.25, 0.3) is 0 Å². The van der Waals surface area contributed by atoms with Gasteiger partial charge in [-0.1, -0.05) is 17.7 Å². The van der Waals surface area contributed by atoms with Gasteiger partial charge in [-0.25, -0.2) is 0 Å². The van der Waals surface area contributed by atoms with Crippen LogP contribution in [0.15, 0.2) is 24.3 Å². The van der Waals surface area contributed by atoms with Crippen LogP contribution in [0.3, 0.4) is 0 Å². The zero-order valence-corrected chi connectivity index (χ0v) is 6.95. The van der Waals surface area contributed by atoms with E-state index in [4.69, 9.17) is 9.79 Å². The second-order valence-electron chi connectivity index (χ2n) is 2.38. The summed E-state index contributed by atoms with van der Waals surface area (Å²) in [6.07, 6.45) is 0. The summed E-state index contributed by atoms with van der Waals surface area (Å²) in [5, 5.41) is 0.0810. The fraction of sp³-hybridized carbons (Fsp3) is 0.143. The SMILES string of the molecule is Cc1cccc(P(=O)(O)O)c1.[MgH2]. The van der Waals surface area contributed by atoms with E-state index in [2.05, 4.69) is 0 Å². The van der Waals surface area contributed by atoms with E-state index in [0.717, 1.165) is 5.56 Å². The van der Waals surface area contributed by atoms with Crippen molar-refractivity contribution in [1.82, 2.24) is 0 Å². The Balaban J connectivity index is 0.00000121. The lowest BCUT2D eigenvalue weighted by molar-refractivity contribution is 0.387. The molecule has 1 aromatic carbocycles. The molecule has 64 valence electrons. The Bertz CT molecular complexity index is 307. The van der Waals surface area contributed by atoms with Crippen LogP contribution in [0, 0.1) is 6.92 Å². The fourth-order valence-corrected chi connectivity index (χ4v) is 1.46. The Kier molecular flexibility index (Phi) is 4.44. The van der Waals surface area contributed by atoms with Crippen molar-refractivity contribution in [1.29, 1.82) is 0 Å². The van der Waals surface area contributed by atoms with Gasteiger partial charge in [0, 0.05) is 0 Å². The van der Waals surface area contributed by atoms with Crippen molar-refractivity contribution < 1.29 is 14.4 Å². The number of rotatable bonds is 1. The van der Waals surface area contributed by atoms with Crippen LogP contribution in [0.25, 0.3) is 0 Å². The summed E-state index contributed by atoms with van der Waals surface area (Å²) < 4.78 is 10.7. The maximum Gasteiger partial charge on any atom is 0.356 e. The van der Waals surface area contributed by atoms with Gasteiger partial charge in [-0.15, -0.1) is 0 Å². The molecule has 0 unspecified atom stereocenters. The summed E-state index contributed by atoms with van der Waals surface area (Å²) in [5.41, 5.74) is 0.853. The molecular weight excluding hydrogens is 187 g/mol. The minimum Gasteiger partial charge on any atom is -0.321 e. The zero-order valence-electron chi connectivity index (χ0n) is 6.06. The second-order valence-corrected chi connectivity index (χ2v) is 3.99. The third-order valence-electron chi connectivity index (χ3n) is 1.34. The number of hydrogen-bond acceptors (Lipinski definition) is 1. The maximum absolute atomic E-state index is 10.7. The van der Waals surface area contributed by atoms with Crippen molar-refractivity contribution in [3.63, 3.8) is 0 Å². The highest BCUT2D eigenvalue weighted by Gasteiger charge is 2.15. The summed E-state index contributed by atoms with van der Waals surface area (Å²) in [7, 11) is -4.05. The van der Waals surface area contributed by atoms with Crippen molar-refractivity contribution in [3.8, 4) is 0 Å². The molecule has 0 spiro atoms. The molecule has 1 aromatic rings. The normalized spacial score (nSPS) is 10.6. The van der Waals surface area contributed by atoms with Gasteiger partial charge in [0.2, 0.25) is 0 Å². The average Bonchev–Trinajstić information content (AvgIpc) is 1.86. The molecule has 0 saturated heterocycles. The van der Waals surface area contributed by atoms with Crippen molar-refractivity contribution in [2.24, 2.45) is 0 Å². The summed E-state index contributed by atoms with van der Waals surface area (Å²) >= 11 is 0. The van der Waals surface area contributed by atoms with Gasteiger partial charge in [0.1, 0.15) is 0 Å². The monoisotopic (exact) mass is 198 g/mol. The van der Waals surface area contributed by atoms with Crippen LogP contribution in [-0.4, -0.2) is 32.8 Å². The smallest absolute Gasteiger partial charge is 0.321 e. The standard InChI is InChI=1S/C7H9O3P.Mg.2H/c1-6-3-2-4-7(5-6)11(8,9)10;;;/h2-5H,1H3,(H2,8,9,10);;;. The Morgan fingerprint density at radius 1 is 1.33 bits per heavy atom. The van der Waals surface area contributed by atoms with Gasteiger partial charge in [0.05, 0.1) is 5.30 Å². The van der Waals surface area contributed by atoms with Crippen molar-refractivity contribution in [3.05, 3.63) is 29.8 Å². The lowest BCUT2D eigenvalue weighted by atomic mass is 10.2. The maximum atomic E-state index is 10.7. The third kappa shape index (κ3) is 3.25. The van der Waals surface area contributed by atoms with Gasteiger partial charge < -0.3 is 9.79 Å². The van der Waals surface area contributed by atoms with Gasteiger partial charge in [-0.3, -0.25) is 4.57 Å². The number of aryl methyl sites for hydroxylation is 1. The predicted octanol–water partition coefficient (Wildman–Crippen LogP) is -0.118. The Hall–Kier alpha value is 0.136. The highest BCUT2D eigenvalue weighted by molar-refractivity contribution is 7.60. The van der Waals surface area contributed by atoms with Crippen LogP contribution in [0.4, 0.5) is 0 Å². The molecule has 0 aliphatic heterocycles.